The zero-order chi connectivity index (χ0) is 20.0. The number of aromatic nitrogens is 4. The van der Waals surface area contributed by atoms with Gasteiger partial charge < -0.3 is 14.8 Å². The van der Waals surface area contributed by atoms with E-state index in [0.29, 0.717) is 5.92 Å². The van der Waals surface area contributed by atoms with Crippen molar-refractivity contribution in [3.05, 3.63) is 45.1 Å². The summed E-state index contributed by atoms with van der Waals surface area (Å²) in [5, 5.41) is 0.842. The third kappa shape index (κ3) is 3.44. The second-order valence-electron chi connectivity index (χ2n) is 8.40. The first-order valence-electron chi connectivity index (χ1n) is 10.5. The van der Waals surface area contributed by atoms with Crippen LogP contribution in [0.3, 0.4) is 0 Å². The Morgan fingerprint density at radius 1 is 1.28 bits per heavy atom. The molecule has 1 saturated heterocycles. The molecule has 0 spiro atoms. The number of hydrogen-bond donors (Lipinski definition) is 2. The van der Waals surface area contributed by atoms with Gasteiger partial charge in [-0.1, -0.05) is 6.92 Å². The predicted octanol–water partition coefficient (Wildman–Crippen LogP) is 1.37. The van der Waals surface area contributed by atoms with Gasteiger partial charge in [0, 0.05) is 17.3 Å². The standard InChI is InChI=1S/C21H26N6OS/c1-13-4-5-15-16(12-13)29-20-17(15)19(28)24-18(25-20)14(2)26-8-10-27(11-9-26)21-22-6-3-7-23-21/h3,6-7,13-14H,4-5,8-12H2,1-2H3,(H,24,25,28)/p+1/t13-,14-/m0/s1. The summed E-state index contributed by atoms with van der Waals surface area (Å²) < 4.78 is 0. The van der Waals surface area contributed by atoms with E-state index in [1.807, 2.05) is 6.07 Å². The van der Waals surface area contributed by atoms with E-state index >= 15 is 0 Å². The first-order valence-corrected chi connectivity index (χ1v) is 11.3. The summed E-state index contributed by atoms with van der Waals surface area (Å²) in [6.07, 6.45) is 6.82. The maximum Gasteiger partial charge on any atom is 0.260 e. The van der Waals surface area contributed by atoms with Gasteiger partial charge in [0.2, 0.25) is 5.95 Å². The quantitative estimate of drug-likeness (QED) is 0.681. The molecule has 8 heteroatoms. The molecule has 0 unspecified atom stereocenters. The molecule has 2 atom stereocenters. The number of anilines is 1. The SMILES string of the molecule is C[C@H]1CCc2c(sc3nc([C@H](C)[NH+]4CCN(c5ncccn5)CC4)[nH]c(=O)c23)C1. The number of aryl methyl sites for hydroxylation is 1. The number of H-pyrrole nitrogens is 1. The van der Waals surface area contributed by atoms with E-state index in [2.05, 4.69) is 33.7 Å². The molecule has 0 amide bonds. The Morgan fingerprint density at radius 2 is 2.03 bits per heavy atom. The molecule has 0 saturated carbocycles. The van der Waals surface area contributed by atoms with Crippen molar-refractivity contribution in [2.75, 3.05) is 31.1 Å². The maximum atomic E-state index is 12.9. The minimum Gasteiger partial charge on any atom is -0.330 e. The highest BCUT2D eigenvalue weighted by Gasteiger charge is 2.29. The number of quaternary nitrogens is 1. The Balaban J connectivity index is 1.36. The van der Waals surface area contributed by atoms with Crippen molar-refractivity contribution >= 4 is 27.5 Å². The van der Waals surface area contributed by atoms with Crippen molar-refractivity contribution < 1.29 is 4.90 Å². The Kier molecular flexibility index (Phi) is 4.83. The molecule has 1 aliphatic heterocycles. The summed E-state index contributed by atoms with van der Waals surface area (Å²) in [5.74, 6) is 2.31. The number of hydrogen-bond acceptors (Lipinski definition) is 6. The summed E-state index contributed by atoms with van der Waals surface area (Å²) in [6, 6.07) is 2.00. The van der Waals surface area contributed by atoms with Crippen LogP contribution >= 0.6 is 11.3 Å². The molecule has 3 aromatic heterocycles. The normalized spacial score (nSPS) is 21.3. The highest BCUT2D eigenvalue weighted by molar-refractivity contribution is 7.18. The third-order valence-electron chi connectivity index (χ3n) is 6.45. The van der Waals surface area contributed by atoms with Crippen LogP contribution in [0.5, 0.6) is 0 Å². The fraction of sp³-hybridized carbons (Fsp3) is 0.524. The molecule has 2 N–H and O–H groups in total. The largest absolute Gasteiger partial charge is 0.330 e. The maximum absolute atomic E-state index is 12.9. The lowest BCUT2D eigenvalue weighted by molar-refractivity contribution is -0.930. The molecule has 4 heterocycles. The number of aromatic amines is 1. The fourth-order valence-corrected chi connectivity index (χ4v) is 6.04. The van der Waals surface area contributed by atoms with Crippen molar-refractivity contribution in [2.45, 2.75) is 39.2 Å². The lowest BCUT2D eigenvalue weighted by Crippen LogP contribution is -3.14. The molecule has 1 fully saturated rings. The van der Waals surface area contributed by atoms with Gasteiger partial charge >= 0.3 is 0 Å². The van der Waals surface area contributed by atoms with Crippen LogP contribution < -0.4 is 15.4 Å². The molecule has 152 valence electrons. The van der Waals surface area contributed by atoms with E-state index in [-0.39, 0.29) is 11.6 Å². The van der Waals surface area contributed by atoms with Gasteiger partial charge in [-0.25, -0.2) is 15.0 Å². The van der Waals surface area contributed by atoms with Crippen LogP contribution in [0, 0.1) is 5.92 Å². The molecule has 0 bridgehead atoms. The molecule has 2 aliphatic rings. The van der Waals surface area contributed by atoms with E-state index in [1.165, 1.54) is 15.3 Å². The minimum absolute atomic E-state index is 0.0413. The molecule has 3 aromatic rings. The van der Waals surface area contributed by atoms with Gasteiger partial charge in [-0.15, -0.1) is 11.3 Å². The minimum atomic E-state index is 0.0413. The van der Waals surface area contributed by atoms with Crippen molar-refractivity contribution in [2.24, 2.45) is 5.92 Å². The topological polar surface area (TPSA) is 79.2 Å². The molecule has 0 aromatic carbocycles. The number of piperazine rings is 1. The van der Waals surface area contributed by atoms with Gasteiger partial charge in [0.1, 0.15) is 10.9 Å². The van der Waals surface area contributed by atoms with Crippen molar-refractivity contribution in [1.29, 1.82) is 0 Å². The smallest absolute Gasteiger partial charge is 0.260 e. The van der Waals surface area contributed by atoms with Crippen LogP contribution in [-0.4, -0.2) is 46.1 Å². The molecule has 0 radical (unpaired) electrons. The van der Waals surface area contributed by atoms with Crippen molar-refractivity contribution in [3.63, 3.8) is 0 Å². The summed E-state index contributed by atoms with van der Waals surface area (Å²) >= 11 is 1.73. The predicted molar refractivity (Wildman–Crippen MR) is 115 cm³/mol. The van der Waals surface area contributed by atoms with Gasteiger partial charge in [0.15, 0.2) is 5.82 Å². The zero-order valence-electron chi connectivity index (χ0n) is 16.9. The average molecular weight is 412 g/mol. The van der Waals surface area contributed by atoms with Gasteiger partial charge in [0.25, 0.3) is 5.56 Å². The average Bonchev–Trinajstić information content (AvgIpc) is 3.11. The lowest BCUT2D eigenvalue weighted by atomic mass is 9.89. The van der Waals surface area contributed by atoms with Crippen LogP contribution in [0.15, 0.2) is 23.3 Å². The van der Waals surface area contributed by atoms with E-state index < -0.39 is 0 Å². The molecule has 5 rings (SSSR count). The van der Waals surface area contributed by atoms with Gasteiger partial charge in [-0.05, 0) is 43.7 Å². The second kappa shape index (κ2) is 7.50. The first-order chi connectivity index (χ1) is 14.1. The van der Waals surface area contributed by atoms with Crippen LogP contribution in [-0.2, 0) is 12.8 Å². The van der Waals surface area contributed by atoms with E-state index in [1.54, 1.807) is 23.7 Å². The summed E-state index contributed by atoms with van der Waals surface area (Å²) in [7, 11) is 0. The summed E-state index contributed by atoms with van der Waals surface area (Å²) in [5.41, 5.74) is 1.29. The van der Waals surface area contributed by atoms with E-state index in [0.717, 1.165) is 67.4 Å². The first kappa shape index (κ1) is 18.7. The molecule has 7 nitrogen and oxygen atoms in total. The second-order valence-corrected chi connectivity index (χ2v) is 9.48. The van der Waals surface area contributed by atoms with E-state index in [4.69, 9.17) is 4.98 Å². The Morgan fingerprint density at radius 3 is 2.79 bits per heavy atom. The van der Waals surface area contributed by atoms with Crippen LogP contribution in [0.1, 0.15) is 42.6 Å². The zero-order valence-corrected chi connectivity index (χ0v) is 17.8. The molecule has 1 aliphatic carbocycles. The number of thiophene rings is 1. The van der Waals surface area contributed by atoms with Gasteiger partial charge in [0.05, 0.1) is 31.6 Å². The lowest BCUT2D eigenvalue weighted by Gasteiger charge is -2.34. The Bertz CT molecular complexity index is 1070. The monoisotopic (exact) mass is 411 g/mol. The number of rotatable bonds is 3. The van der Waals surface area contributed by atoms with Crippen molar-refractivity contribution in [1.82, 2.24) is 19.9 Å². The third-order valence-corrected chi connectivity index (χ3v) is 7.60. The molecular formula is C21H27N6OS+. The Labute approximate surface area is 173 Å². The summed E-state index contributed by atoms with van der Waals surface area (Å²) in [6.45, 7) is 8.22. The molecule has 29 heavy (non-hydrogen) atoms. The van der Waals surface area contributed by atoms with Gasteiger partial charge in [-0.2, -0.15) is 0 Å². The number of nitrogens with zero attached hydrogens (tertiary/aromatic N) is 4. The fourth-order valence-electron chi connectivity index (χ4n) is 4.65. The van der Waals surface area contributed by atoms with E-state index in [9.17, 15) is 4.79 Å². The van der Waals surface area contributed by atoms with Crippen LogP contribution in [0.2, 0.25) is 0 Å². The van der Waals surface area contributed by atoms with Crippen LogP contribution in [0.4, 0.5) is 5.95 Å². The highest BCUT2D eigenvalue weighted by Crippen LogP contribution is 2.35. The van der Waals surface area contributed by atoms with Crippen molar-refractivity contribution in [3.8, 4) is 0 Å². The summed E-state index contributed by atoms with van der Waals surface area (Å²) in [4.78, 5) is 35.6. The Hall–Kier alpha value is -2.32. The highest BCUT2D eigenvalue weighted by atomic mass is 32.1. The number of fused-ring (bicyclic) bond motifs is 3. The number of nitrogens with one attached hydrogen (secondary N) is 2. The molecular weight excluding hydrogens is 384 g/mol. The van der Waals surface area contributed by atoms with Crippen LogP contribution in [0.25, 0.3) is 10.2 Å². The van der Waals surface area contributed by atoms with Gasteiger partial charge in [-0.3, -0.25) is 4.79 Å².